The number of esters is 1. The van der Waals surface area contributed by atoms with Gasteiger partial charge in [0.1, 0.15) is 12.2 Å². The number of hydrogen-bond donors (Lipinski definition) is 0. The summed E-state index contributed by atoms with van der Waals surface area (Å²) >= 11 is 0. The Morgan fingerprint density at radius 3 is 2.57 bits per heavy atom. The largest absolute Gasteiger partial charge is 0.486 e. The fourth-order valence-corrected chi connectivity index (χ4v) is 3.07. The number of ether oxygens (including phenoxy) is 4. The monoisotopic (exact) mass is 413 g/mol. The number of carbonyl (C=O) groups excluding carboxylic acids is 1. The third kappa shape index (κ3) is 5.56. The van der Waals surface area contributed by atoms with Crippen LogP contribution in [0, 0.1) is 17.1 Å². The van der Waals surface area contributed by atoms with Crippen LogP contribution in [-0.4, -0.2) is 24.8 Å². The van der Waals surface area contributed by atoms with E-state index in [1.54, 1.807) is 6.07 Å². The van der Waals surface area contributed by atoms with Crippen LogP contribution in [0.3, 0.4) is 0 Å². The normalized spacial score (nSPS) is 14.4. The number of nitrogens with zero attached hydrogens (tertiary/aromatic N) is 1. The average Bonchev–Trinajstić information content (AvgIpc) is 3.19. The van der Waals surface area contributed by atoms with Gasteiger partial charge in [-0.2, -0.15) is 5.26 Å². The predicted molar refractivity (Wildman–Crippen MR) is 106 cm³/mol. The Labute approximate surface area is 175 Å². The summed E-state index contributed by atoms with van der Waals surface area (Å²) in [5.41, 5.74) is 1.20. The second-order valence-corrected chi connectivity index (χ2v) is 7.90. The number of rotatable bonds is 6. The third-order valence-corrected chi connectivity index (χ3v) is 4.28. The number of carbonyl (C=O) groups is 1. The minimum absolute atomic E-state index is 0.000598. The summed E-state index contributed by atoms with van der Waals surface area (Å²) in [6.07, 6.45) is -0.781. The molecule has 30 heavy (non-hydrogen) atoms. The molecule has 7 heteroatoms. The minimum atomic E-state index is -0.916. The molecule has 0 aromatic heterocycles. The first-order valence-corrected chi connectivity index (χ1v) is 9.65. The van der Waals surface area contributed by atoms with E-state index >= 15 is 0 Å². The molecule has 2 aromatic rings. The summed E-state index contributed by atoms with van der Waals surface area (Å²) in [6.45, 7) is 6.22. The molecule has 3 rings (SSSR count). The molecule has 1 saturated heterocycles. The zero-order valence-corrected chi connectivity index (χ0v) is 17.2. The molecule has 0 N–H and O–H groups in total. The molecule has 0 radical (unpaired) electrons. The van der Waals surface area contributed by atoms with E-state index in [1.165, 1.54) is 12.1 Å². The highest BCUT2D eigenvalue weighted by Gasteiger charge is 2.27. The Morgan fingerprint density at radius 1 is 1.20 bits per heavy atom. The van der Waals surface area contributed by atoms with E-state index in [0.29, 0.717) is 13.2 Å². The lowest BCUT2D eigenvalue weighted by molar-refractivity contribution is -0.153. The van der Waals surface area contributed by atoms with Gasteiger partial charge in [-0.3, -0.25) is 4.79 Å². The lowest BCUT2D eigenvalue weighted by atomic mass is 10.1. The van der Waals surface area contributed by atoms with Crippen molar-refractivity contribution >= 4 is 5.97 Å². The molecule has 0 aliphatic carbocycles. The van der Waals surface area contributed by atoms with Crippen LogP contribution in [0.15, 0.2) is 36.4 Å². The van der Waals surface area contributed by atoms with Crippen LogP contribution < -0.4 is 4.74 Å². The Balaban J connectivity index is 1.71. The quantitative estimate of drug-likeness (QED) is 0.661. The van der Waals surface area contributed by atoms with Crippen LogP contribution in [0.5, 0.6) is 5.75 Å². The van der Waals surface area contributed by atoms with Gasteiger partial charge in [0.2, 0.25) is 0 Å². The summed E-state index contributed by atoms with van der Waals surface area (Å²) in [7, 11) is 0. The third-order valence-electron chi connectivity index (χ3n) is 4.28. The highest BCUT2D eigenvalue weighted by molar-refractivity contribution is 5.73. The van der Waals surface area contributed by atoms with Crippen LogP contribution in [0.1, 0.15) is 49.3 Å². The van der Waals surface area contributed by atoms with E-state index in [0.717, 1.165) is 11.1 Å². The zero-order chi connectivity index (χ0) is 21.7. The number of nitriles is 1. The van der Waals surface area contributed by atoms with Crippen molar-refractivity contribution in [3.63, 3.8) is 0 Å². The maximum atomic E-state index is 15.0. The van der Waals surface area contributed by atoms with Crippen molar-refractivity contribution < 1.29 is 28.1 Å². The SMILES string of the molecule is CC(C)(C)OC(=O)Cc1cccc(COc2ccc(C#N)c(C3OCCO3)c2F)c1. The van der Waals surface area contributed by atoms with Crippen LogP contribution >= 0.6 is 0 Å². The highest BCUT2D eigenvalue weighted by Crippen LogP contribution is 2.33. The number of halogens is 1. The van der Waals surface area contributed by atoms with Crippen molar-refractivity contribution in [2.75, 3.05) is 13.2 Å². The van der Waals surface area contributed by atoms with E-state index in [-0.39, 0.29) is 35.9 Å². The Kier molecular flexibility index (Phi) is 6.70. The van der Waals surface area contributed by atoms with Crippen molar-refractivity contribution in [1.82, 2.24) is 0 Å². The molecule has 1 heterocycles. The molecule has 0 amide bonds. The van der Waals surface area contributed by atoms with Crippen LogP contribution in [-0.2, 0) is 32.0 Å². The molecular formula is C23H24FNO5. The van der Waals surface area contributed by atoms with E-state index in [9.17, 15) is 14.4 Å². The molecule has 0 unspecified atom stereocenters. The molecule has 158 valence electrons. The predicted octanol–water partition coefficient (Wildman–Crippen LogP) is 4.21. The molecule has 2 aromatic carbocycles. The molecular weight excluding hydrogens is 389 g/mol. The van der Waals surface area contributed by atoms with E-state index in [1.807, 2.05) is 45.0 Å². The molecule has 1 aliphatic rings. The van der Waals surface area contributed by atoms with Gasteiger partial charge >= 0.3 is 5.97 Å². The summed E-state index contributed by atoms with van der Waals surface area (Å²) in [5, 5.41) is 9.27. The summed E-state index contributed by atoms with van der Waals surface area (Å²) < 4.78 is 36.7. The Hall–Kier alpha value is -2.95. The molecule has 0 saturated carbocycles. The first-order valence-electron chi connectivity index (χ1n) is 9.65. The summed E-state index contributed by atoms with van der Waals surface area (Å²) in [4.78, 5) is 12.0. The number of hydrogen-bond acceptors (Lipinski definition) is 6. The van der Waals surface area contributed by atoms with Gasteiger partial charge in [-0.25, -0.2) is 4.39 Å². The lowest BCUT2D eigenvalue weighted by Crippen LogP contribution is -2.24. The van der Waals surface area contributed by atoms with Crippen molar-refractivity contribution in [3.8, 4) is 11.8 Å². The van der Waals surface area contributed by atoms with Gasteiger partial charge in [0, 0.05) is 0 Å². The van der Waals surface area contributed by atoms with Crippen molar-refractivity contribution in [2.45, 2.75) is 45.7 Å². The second kappa shape index (κ2) is 9.24. The highest BCUT2D eigenvalue weighted by atomic mass is 19.1. The van der Waals surface area contributed by atoms with Gasteiger partial charge in [-0.1, -0.05) is 24.3 Å². The maximum Gasteiger partial charge on any atom is 0.310 e. The van der Waals surface area contributed by atoms with Gasteiger partial charge in [-0.15, -0.1) is 0 Å². The van der Waals surface area contributed by atoms with Crippen molar-refractivity contribution in [1.29, 1.82) is 5.26 Å². The van der Waals surface area contributed by atoms with Crippen LogP contribution in [0.2, 0.25) is 0 Å². The Morgan fingerprint density at radius 2 is 1.90 bits per heavy atom. The van der Waals surface area contributed by atoms with E-state index in [2.05, 4.69) is 0 Å². The fourth-order valence-electron chi connectivity index (χ4n) is 3.07. The topological polar surface area (TPSA) is 77.8 Å². The van der Waals surface area contributed by atoms with Gasteiger partial charge < -0.3 is 18.9 Å². The molecule has 1 aliphatic heterocycles. The van der Waals surface area contributed by atoms with Crippen LogP contribution in [0.25, 0.3) is 0 Å². The van der Waals surface area contributed by atoms with Crippen LogP contribution in [0.4, 0.5) is 4.39 Å². The second-order valence-electron chi connectivity index (χ2n) is 7.90. The van der Waals surface area contributed by atoms with Gasteiger partial charge in [0.05, 0.1) is 36.8 Å². The van der Waals surface area contributed by atoms with Crippen molar-refractivity contribution in [3.05, 3.63) is 64.5 Å². The van der Waals surface area contributed by atoms with Gasteiger partial charge in [0.25, 0.3) is 0 Å². The van der Waals surface area contributed by atoms with Crippen molar-refractivity contribution in [2.24, 2.45) is 0 Å². The maximum absolute atomic E-state index is 15.0. The van der Waals surface area contributed by atoms with E-state index in [4.69, 9.17) is 18.9 Å². The zero-order valence-electron chi connectivity index (χ0n) is 17.2. The average molecular weight is 413 g/mol. The molecule has 6 nitrogen and oxygen atoms in total. The fraction of sp³-hybridized carbons (Fsp3) is 0.391. The molecule has 0 spiro atoms. The first kappa shape index (κ1) is 21.8. The first-order chi connectivity index (χ1) is 14.3. The lowest BCUT2D eigenvalue weighted by Gasteiger charge is -2.19. The Bertz CT molecular complexity index is 955. The van der Waals surface area contributed by atoms with Gasteiger partial charge in [-0.05, 0) is 44.0 Å². The smallest absolute Gasteiger partial charge is 0.310 e. The molecule has 0 atom stereocenters. The molecule has 1 fully saturated rings. The number of benzene rings is 2. The summed E-state index contributed by atoms with van der Waals surface area (Å²) in [5.74, 6) is -0.994. The standard InChI is InChI=1S/C23H24FNO5/c1-23(2,3)30-19(26)12-15-5-4-6-16(11-15)14-29-18-8-7-17(13-25)20(21(18)24)22-27-9-10-28-22/h4-8,11,22H,9-10,12,14H2,1-3H3. The minimum Gasteiger partial charge on any atom is -0.486 e. The van der Waals surface area contributed by atoms with Gasteiger partial charge in [0.15, 0.2) is 17.9 Å². The molecule has 0 bridgehead atoms. The summed E-state index contributed by atoms with van der Waals surface area (Å²) in [6, 6.07) is 12.1. The van der Waals surface area contributed by atoms with E-state index < -0.39 is 17.7 Å².